The fourth-order valence-corrected chi connectivity index (χ4v) is 2.43. The van der Waals surface area contributed by atoms with E-state index in [1.165, 1.54) is 0 Å². The lowest BCUT2D eigenvalue weighted by atomic mass is 10.1. The fraction of sp³-hybridized carbons (Fsp3) is 0.588. The summed E-state index contributed by atoms with van der Waals surface area (Å²) < 4.78 is 0. The van der Waals surface area contributed by atoms with Crippen molar-refractivity contribution in [2.45, 2.75) is 50.2 Å². The van der Waals surface area contributed by atoms with Crippen LogP contribution >= 0.6 is 0 Å². The van der Waals surface area contributed by atoms with E-state index in [2.05, 4.69) is 15.6 Å². The smallest absolute Gasteiger partial charge is 0.322 e. The Bertz CT molecular complexity index is 768. The second-order valence-electron chi connectivity index (χ2n) is 6.82. The molecule has 16 heteroatoms. The van der Waals surface area contributed by atoms with E-state index < -0.39 is 73.1 Å². The first kappa shape index (κ1) is 29.0. The van der Waals surface area contributed by atoms with Gasteiger partial charge in [-0.15, -0.1) is 0 Å². The van der Waals surface area contributed by atoms with Gasteiger partial charge in [-0.2, -0.15) is 0 Å². The quantitative estimate of drug-likeness (QED) is 0.0584. The van der Waals surface area contributed by atoms with Gasteiger partial charge in [-0.1, -0.05) is 0 Å². The van der Waals surface area contributed by atoms with Crippen molar-refractivity contribution in [1.82, 2.24) is 16.0 Å². The number of nitrogens with one attached hydrogen (secondary N) is 3. The summed E-state index contributed by atoms with van der Waals surface area (Å²) in [5.74, 6) is -6.96. The number of carboxylic acids is 3. The highest BCUT2D eigenvalue weighted by Crippen LogP contribution is 2.04. The molecule has 16 nitrogen and oxygen atoms in total. The molecule has 0 radical (unpaired) electrons. The summed E-state index contributed by atoms with van der Waals surface area (Å²) in [6, 6.07) is -4.18. The molecular weight excluding hydrogens is 446 g/mol. The number of hydrogen-bond donors (Lipinski definition) is 9. The zero-order valence-electron chi connectivity index (χ0n) is 17.7. The van der Waals surface area contributed by atoms with E-state index in [-0.39, 0.29) is 31.8 Å². The van der Waals surface area contributed by atoms with E-state index in [9.17, 15) is 28.8 Å². The van der Waals surface area contributed by atoms with Crippen LogP contribution in [0.15, 0.2) is 4.99 Å². The molecular formula is C17H29N7O9. The van der Waals surface area contributed by atoms with Crippen LogP contribution in [0, 0.1) is 0 Å². The van der Waals surface area contributed by atoms with Crippen molar-refractivity contribution in [2.75, 3.05) is 13.1 Å². The molecule has 0 aromatic heterocycles. The lowest BCUT2D eigenvalue weighted by Crippen LogP contribution is -2.56. The first-order valence-corrected chi connectivity index (χ1v) is 9.68. The van der Waals surface area contributed by atoms with Crippen LogP contribution in [0.4, 0.5) is 0 Å². The average molecular weight is 475 g/mol. The van der Waals surface area contributed by atoms with Gasteiger partial charge in [0.1, 0.15) is 18.6 Å². The molecule has 186 valence electrons. The molecule has 0 heterocycles. The molecule has 0 aliphatic carbocycles. The molecule has 3 atom stereocenters. The Morgan fingerprint density at radius 2 is 1.36 bits per heavy atom. The van der Waals surface area contributed by atoms with Crippen LogP contribution in [-0.2, 0) is 28.8 Å². The maximum atomic E-state index is 12.7. The highest BCUT2D eigenvalue weighted by Gasteiger charge is 2.29. The third-order valence-corrected chi connectivity index (χ3v) is 4.00. The predicted molar refractivity (Wildman–Crippen MR) is 112 cm³/mol. The van der Waals surface area contributed by atoms with E-state index in [1.807, 2.05) is 5.32 Å². The SMILES string of the molecule is NC(N)=NCCCC(NC(=O)C(N)CC(=O)O)C(=O)NC(CCC(=O)O)C(=O)NCC(=O)O. The minimum absolute atomic E-state index is 0.0451. The number of aliphatic imine (C=N–C) groups is 1. The Morgan fingerprint density at radius 1 is 0.788 bits per heavy atom. The number of rotatable bonds is 16. The molecule has 0 bridgehead atoms. The molecule has 0 saturated carbocycles. The summed E-state index contributed by atoms with van der Waals surface area (Å²) in [5.41, 5.74) is 15.9. The molecule has 33 heavy (non-hydrogen) atoms. The lowest BCUT2D eigenvalue weighted by molar-refractivity contribution is -0.140. The molecule has 12 N–H and O–H groups in total. The Kier molecular flexibility index (Phi) is 13.2. The molecule has 0 aromatic rings. The number of carbonyl (C=O) groups excluding carboxylic acids is 3. The van der Waals surface area contributed by atoms with Gasteiger partial charge >= 0.3 is 17.9 Å². The maximum Gasteiger partial charge on any atom is 0.322 e. The summed E-state index contributed by atoms with van der Waals surface area (Å²) in [6.07, 6.45) is -1.44. The number of carboxylic acid groups (broad SMARTS) is 3. The van der Waals surface area contributed by atoms with E-state index in [0.29, 0.717) is 0 Å². The van der Waals surface area contributed by atoms with Crippen LogP contribution in [0.5, 0.6) is 0 Å². The zero-order chi connectivity index (χ0) is 25.6. The van der Waals surface area contributed by atoms with Crippen molar-refractivity contribution < 1.29 is 44.1 Å². The summed E-state index contributed by atoms with van der Waals surface area (Å²) >= 11 is 0. The minimum Gasteiger partial charge on any atom is -0.481 e. The van der Waals surface area contributed by atoms with Gasteiger partial charge < -0.3 is 48.5 Å². The van der Waals surface area contributed by atoms with Crippen LogP contribution in [0.2, 0.25) is 0 Å². The molecule has 3 amide bonds. The predicted octanol–water partition coefficient (Wildman–Crippen LogP) is -4.12. The number of guanidine groups is 1. The molecule has 0 spiro atoms. The minimum atomic E-state index is -1.46. The van der Waals surface area contributed by atoms with Gasteiger partial charge in [0.05, 0.1) is 12.5 Å². The van der Waals surface area contributed by atoms with Gasteiger partial charge in [-0.3, -0.25) is 33.8 Å². The monoisotopic (exact) mass is 475 g/mol. The second-order valence-corrected chi connectivity index (χ2v) is 6.82. The van der Waals surface area contributed by atoms with Crippen LogP contribution < -0.4 is 33.2 Å². The van der Waals surface area contributed by atoms with E-state index in [0.717, 1.165) is 0 Å². The Hall–Kier alpha value is -3.95. The van der Waals surface area contributed by atoms with Gasteiger partial charge in [0, 0.05) is 13.0 Å². The number of amides is 3. The number of nitrogens with two attached hydrogens (primary N) is 3. The van der Waals surface area contributed by atoms with Crippen molar-refractivity contribution >= 4 is 41.6 Å². The van der Waals surface area contributed by atoms with Crippen molar-refractivity contribution in [3.8, 4) is 0 Å². The molecule has 3 unspecified atom stereocenters. The first-order chi connectivity index (χ1) is 15.3. The van der Waals surface area contributed by atoms with Gasteiger partial charge in [-0.05, 0) is 19.3 Å². The van der Waals surface area contributed by atoms with Crippen LogP contribution in [0.3, 0.4) is 0 Å². The second kappa shape index (κ2) is 15.0. The van der Waals surface area contributed by atoms with Crippen molar-refractivity contribution in [1.29, 1.82) is 0 Å². The number of aliphatic carboxylic acids is 3. The van der Waals surface area contributed by atoms with Gasteiger partial charge in [0.25, 0.3) is 0 Å². The van der Waals surface area contributed by atoms with Gasteiger partial charge in [0.2, 0.25) is 17.7 Å². The van der Waals surface area contributed by atoms with E-state index in [1.54, 1.807) is 0 Å². The maximum absolute atomic E-state index is 12.7. The van der Waals surface area contributed by atoms with Crippen LogP contribution in [0.1, 0.15) is 32.1 Å². The normalized spacial score (nSPS) is 13.0. The van der Waals surface area contributed by atoms with E-state index >= 15 is 0 Å². The largest absolute Gasteiger partial charge is 0.481 e. The number of carbonyl (C=O) groups is 6. The summed E-state index contributed by atoms with van der Waals surface area (Å²) in [6.45, 7) is -0.675. The average Bonchev–Trinajstić information content (AvgIpc) is 2.70. The molecule has 0 saturated heterocycles. The van der Waals surface area contributed by atoms with Gasteiger partial charge in [-0.25, -0.2) is 0 Å². The Labute approximate surface area is 187 Å². The number of nitrogens with zero attached hydrogens (tertiary/aromatic N) is 1. The summed E-state index contributed by atoms with van der Waals surface area (Å²) in [7, 11) is 0. The third-order valence-electron chi connectivity index (χ3n) is 4.00. The van der Waals surface area contributed by atoms with Crippen molar-refractivity contribution in [3.05, 3.63) is 0 Å². The lowest BCUT2D eigenvalue weighted by Gasteiger charge is -2.23. The van der Waals surface area contributed by atoms with E-state index in [4.69, 9.17) is 32.5 Å². The highest BCUT2D eigenvalue weighted by molar-refractivity contribution is 5.94. The zero-order valence-corrected chi connectivity index (χ0v) is 17.7. The molecule has 0 rings (SSSR count). The molecule has 0 aromatic carbocycles. The van der Waals surface area contributed by atoms with Crippen molar-refractivity contribution in [3.63, 3.8) is 0 Å². The van der Waals surface area contributed by atoms with Crippen LogP contribution in [0.25, 0.3) is 0 Å². The fourth-order valence-electron chi connectivity index (χ4n) is 2.43. The summed E-state index contributed by atoms with van der Waals surface area (Å²) in [5, 5.41) is 32.9. The van der Waals surface area contributed by atoms with Crippen molar-refractivity contribution in [2.24, 2.45) is 22.2 Å². The highest BCUT2D eigenvalue weighted by atomic mass is 16.4. The third kappa shape index (κ3) is 13.9. The standard InChI is InChI=1S/C17H29N7O9/c18-8(6-12(27)28)14(31)23-9(2-1-5-21-17(19)20)16(33)24-10(3-4-11(25)26)15(32)22-7-13(29)30/h8-10H,1-7,18H2,(H,22,32)(H,23,31)(H,24,33)(H,25,26)(H,27,28)(H,29,30)(H4,19,20,21). The topological polar surface area (TPSA) is 290 Å². The van der Waals surface area contributed by atoms with Crippen LogP contribution in [-0.4, -0.2) is 88.1 Å². The molecule has 0 aliphatic heterocycles. The Balaban J connectivity index is 5.43. The summed E-state index contributed by atoms with van der Waals surface area (Å²) in [4.78, 5) is 73.1. The van der Waals surface area contributed by atoms with Gasteiger partial charge in [0.15, 0.2) is 5.96 Å². The number of hydrogen-bond acceptors (Lipinski definition) is 8. The Morgan fingerprint density at radius 3 is 1.88 bits per heavy atom. The molecule has 0 fully saturated rings. The first-order valence-electron chi connectivity index (χ1n) is 9.68. The molecule has 0 aliphatic rings.